The number of aryl methyl sites for hydroxylation is 1. The van der Waals surface area contributed by atoms with Gasteiger partial charge in [-0.25, -0.2) is 4.98 Å². The molecule has 3 aromatic heterocycles. The lowest BCUT2D eigenvalue weighted by molar-refractivity contribution is -0.121. The van der Waals surface area contributed by atoms with Crippen molar-refractivity contribution in [3.63, 3.8) is 0 Å². The Bertz CT molecular complexity index is 1260. The molecule has 0 fully saturated rings. The van der Waals surface area contributed by atoms with Gasteiger partial charge in [-0.1, -0.05) is 37.3 Å². The largest absolute Gasteiger partial charge is 0.353 e. The zero-order valence-corrected chi connectivity index (χ0v) is 20.0. The van der Waals surface area contributed by atoms with Crippen LogP contribution in [0.25, 0.3) is 20.7 Å². The number of aromatic nitrogens is 2. The van der Waals surface area contributed by atoms with Crippen LogP contribution in [0.2, 0.25) is 0 Å². The van der Waals surface area contributed by atoms with Gasteiger partial charge >= 0.3 is 0 Å². The first-order valence-electron chi connectivity index (χ1n) is 10.5. The molecule has 4 rings (SSSR count). The van der Waals surface area contributed by atoms with E-state index < -0.39 is 0 Å². The van der Waals surface area contributed by atoms with E-state index in [1.165, 1.54) is 27.8 Å². The molecule has 0 unspecified atom stereocenters. The Morgan fingerprint density at radius 3 is 2.62 bits per heavy atom. The standard InChI is InChI=1S/C24H26N4O2S2/c1-4-16-7-9-17(10-8-16)19(27(2)3)12-25-21(29)13-28-15-26-23-22(24(28)30)18(14-32-23)20-6-5-11-31-20/h5-11,14-15,19H,4,12-13H2,1-3H3,(H,25,29)/t19-/m1/s1. The molecule has 166 valence electrons. The zero-order valence-electron chi connectivity index (χ0n) is 18.4. The van der Waals surface area contributed by atoms with Crippen LogP contribution in [0.5, 0.6) is 0 Å². The molecule has 0 radical (unpaired) electrons. The molecule has 6 nitrogen and oxygen atoms in total. The van der Waals surface area contributed by atoms with Crippen molar-refractivity contribution in [1.82, 2.24) is 19.8 Å². The topological polar surface area (TPSA) is 67.2 Å². The minimum atomic E-state index is -0.210. The molecule has 32 heavy (non-hydrogen) atoms. The molecule has 0 aliphatic heterocycles. The van der Waals surface area contributed by atoms with E-state index >= 15 is 0 Å². The highest BCUT2D eigenvalue weighted by atomic mass is 32.1. The average molecular weight is 467 g/mol. The Balaban J connectivity index is 1.49. The Morgan fingerprint density at radius 1 is 1.19 bits per heavy atom. The number of amides is 1. The van der Waals surface area contributed by atoms with Gasteiger partial charge in [0, 0.05) is 22.4 Å². The SMILES string of the molecule is CCc1ccc([C@@H](CNC(=O)Cn2cnc3scc(-c4cccs4)c3c2=O)N(C)C)cc1. The maximum absolute atomic E-state index is 13.1. The highest BCUT2D eigenvalue weighted by Gasteiger charge is 2.18. The second-order valence-electron chi connectivity index (χ2n) is 7.86. The third-order valence-corrected chi connectivity index (χ3v) is 7.34. The Morgan fingerprint density at radius 2 is 1.97 bits per heavy atom. The summed E-state index contributed by atoms with van der Waals surface area (Å²) in [7, 11) is 3.99. The predicted octanol–water partition coefficient (Wildman–Crippen LogP) is 4.17. The first-order chi connectivity index (χ1) is 15.5. The lowest BCUT2D eigenvalue weighted by Gasteiger charge is -2.25. The van der Waals surface area contributed by atoms with Crippen LogP contribution < -0.4 is 10.9 Å². The van der Waals surface area contributed by atoms with Gasteiger partial charge in [0.25, 0.3) is 5.56 Å². The number of hydrogen-bond acceptors (Lipinski definition) is 6. The van der Waals surface area contributed by atoms with Crippen molar-refractivity contribution in [2.24, 2.45) is 0 Å². The number of hydrogen-bond donors (Lipinski definition) is 1. The van der Waals surface area contributed by atoms with Crippen LogP contribution in [-0.2, 0) is 17.8 Å². The van der Waals surface area contributed by atoms with Crippen molar-refractivity contribution < 1.29 is 4.79 Å². The van der Waals surface area contributed by atoms with E-state index in [4.69, 9.17) is 0 Å². The second-order valence-corrected chi connectivity index (χ2v) is 9.67. The third-order valence-electron chi connectivity index (χ3n) is 5.55. The Labute approximate surface area is 195 Å². The summed E-state index contributed by atoms with van der Waals surface area (Å²) in [4.78, 5) is 34.0. The minimum absolute atomic E-state index is 0.0458. The summed E-state index contributed by atoms with van der Waals surface area (Å²) < 4.78 is 1.39. The van der Waals surface area contributed by atoms with Crippen LogP contribution in [0.4, 0.5) is 0 Å². The summed E-state index contributed by atoms with van der Waals surface area (Å²) in [6, 6.07) is 12.5. The van der Waals surface area contributed by atoms with Crippen LogP contribution >= 0.6 is 22.7 Å². The van der Waals surface area contributed by atoms with Crippen LogP contribution in [0.1, 0.15) is 24.1 Å². The fourth-order valence-corrected chi connectivity index (χ4v) is 5.41. The predicted molar refractivity (Wildman–Crippen MR) is 132 cm³/mol. The zero-order chi connectivity index (χ0) is 22.7. The van der Waals surface area contributed by atoms with Gasteiger partial charge in [0.15, 0.2) is 0 Å². The van der Waals surface area contributed by atoms with Crippen LogP contribution in [0, 0.1) is 0 Å². The van der Waals surface area contributed by atoms with Crippen molar-refractivity contribution in [2.75, 3.05) is 20.6 Å². The van der Waals surface area contributed by atoms with Crippen LogP contribution in [0.3, 0.4) is 0 Å². The molecule has 8 heteroatoms. The summed E-state index contributed by atoms with van der Waals surface area (Å²) in [5.41, 5.74) is 3.13. The maximum atomic E-state index is 13.1. The normalized spacial score (nSPS) is 12.4. The number of carbonyl (C=O) groups excluding carboxylic acids is 1. The molecular weight excluding hydrogens is 440 g/mol. The van der Waals surface area contributed by atoms with Gasteiger partial charge in [-0.05, 0) is 43.1 Å². The van der Waals surface area contributed by atoms with E-state index in [0.29, 0.717) is 16.8 Å². The number of carbonyl (C=O) groups is 1. The van der Waals surface area contributed by atoms with Crippen molar-refractivity contribution >= 4 is 38.8 Å². The quantitative estimate of drug-likeness (QED) is 0.423. The molecule has 0 saturated heterocycles. The number of thiophene rings is 2. The maximum Gasteiger partial charge on any atom is 0.263 e. The number of benzene rings is 1. The van der Waals surface area contributed by atoms with E-state index in [-0.39, 0.29) is 24.1 Å². The van der Waals surface area contributed by atoms with Gasteiger partial charge in [0.1, 0.15) is 11.4 Å². The van der Waals surface area contributed by atoms with Gasteiger partial charge in [-0.3, -0.25) is 14.2 Å². The number of likely N-dealkylation sites (N-methyl/N-ethyl adjacent to an activating group) is 1. The molecule has 1 atom stereocenters. The molecule has 0 aliphatic carbocycles. The number of fused-ring (bicyclic) bond motifs is 1. The average Bonchev–Trinajstić information content (AvgIpc) is 3.46. The van der Waals surface area contributed by atoms with E-state index in [0.717, 1.165) is 22.4 Å². The molecule has 1 amide bonds. The van der Waals surface area contributed by atoms with Crippen molar-refractivity contribution in [3.05, 3.63) is 75.0 Å². The van der Waals surface area contributed by atoms with E-state index in [1.807, 2.05) is 37.0 Å². The smallest absolute Gasteiger partial charge is 0.263 e. The lowest BCUT2D eigenvalue weighted by atomic mass is 10.0. The molecule has 0 bridgehead atoms. The molecule has 3 heterocycles. The molecule has 0 spiro atoms. The van der Waals surface area contributed by atoms with Crippen molar-refractivity contribution in [1.29, 1.82) is 0 Å². The second kappa shape index (κ2) is 9.77. The highest BCUT2D eigenvalue weighted by molar-refractivity contribution is 7.18. The monoisotopic (exact) mass is 466 g/mol. The minimum Gasteiger partial charge on any atom is -0.353 e. The molecule has 1 aromatic carbocycles. The summed E-state index contributed by atoms with van der Waals surface area (Å²) >= 11 is 3.03. The van der Waals surface area contributed by atoms with E-state index in [1.54, 1.807) is 11.3 Å². The highest BCUT2D eigenvalue weighted by Crippen LogP contribution is 2.33. The molecule has 4 aromatic rings. The van der Waals surface area contributed by atoms with Crippen LogP contribution in [0.15, 0.2) is 58.3 Å². The summed E-state index contributed by atoms with van der Waals surface area (Å²) in [6.45, 7) is 2.53. The fourth-order valence-electron chi connectivity index (χ4n) is 3.69. The van der Waals surface area contributed by atoms with Gasteiger partial charge < -0.3 is 10.2 Å². The number of nitrogens with one attached hydrogen (secondary N) is 1. The fraction of sp³-hybridized carbons (Fsp3) is 0.292. The summed E-state index contributed by atoms with van der Waals surface area (Å²) in [6.07, 6.45) is 2.46. The molecule has 0 saturated carbocycles. The molecule has 1 N–H and O–H groups in total. The number of rotatable bonds is 8. The van der Waals surface area contributed by atoms with Gasteiger partial charge in [-0.15, -0.1) is 22.7 Å². The molecule has 0 aliphatic rings. The first-order valence-corrected chi connectivity index (χ1v) is 12.3. The van der Waals surface area contributed by atoms with Crippen molar-refractivity contribution in [2.45, 2.75) is 25.9 Å². The third kappa shape index (κ3) is 4.67. The first kappa shape index (κ1) is 22.4. The van der Waals surface area contributed by atoms with Gasteiger partial charge in [0.05, 0.1) is 17.8 Å². The number of nitrogens with zero attached hydrogens (tertiary/aromatic N) is 3. The summed E-state index contributed by atoms with van der Waals surface area (Å²) in [5, 5.41) is 7.51. The Kier molecular flexibility index (Phi) is 6.83. The molecular formula is C24H26N4O2S2. The van der Waals surface area contributed by atoms with E-state index in [2.05, 4.69) is 46.4 Å². The van der Waals surface area contributed by atoms with Gasteiger partial charge in [-0.2, -0.15) is 0 Å². The van der Waals surface area contributed by atoms with E-state index in [9.17, 15) is 9.59 Å². The van der Waals surface area contributed by atoms with Gasteiger partial charge in [0.2, 0.25) is 5.91 Å². The van der Waals surface area contributed by atoms with Crippen molar-refractivity contribution in [3.8, 4) is 10.4 Å². The Hall–Kier alpha value is -2.81. The summed E-state index contributed by atoms with van der Waals surface area (Å²) in [5.74, 6) is -0.210. The lowest BCUT2D eigenvalue weighted by Crippen LogP contribution is -2.37. The van der Waals surface area contributed by atoms with Crippen LogP contribution in [-0.4, -0.2) is 41.0 Å².